The maximum absolute atomic E-state index is 14.6. The van der Waals surface area contributed by atoms with Gasteiger partial charge in [0, 0.05) is 55.1 Å². The van der Waals surface area contributed by atoms with Gasteiger partial charge in [-0.05, 0) is 37.8 Å². The van der Waals surface area contributed by atoms with Gasteiger partial charge in [-0.1, -0.05) is 27.7 Å². The van der Waals surface area contributed by atoms with E-state index in [4.69, 9.17) is 32.8 Å². The van der Waals surface area contributed by atoms with Crippen molar-refractivity contribution in [2.45, 2.75) is 121 Å². The summed E-state index contributed by atoms with van der Waals surface area (Å²) in [4.78, 5) is 52.9. The van der Waals surface area contributed by atoms with Crippen LogP contribution in [0, 0.1) is 28.1 Å². The van der Waals surface area contributed by atoms with Crippen molar-refractivity contribution in [1.82, 2.24) is 0 Å². The minimum Gasteiger partial charge on any atom is -0.511 e. The van der Waals surface area contributed by atoms with Crippen molar-refractivity contribution in [2.24, 2.45) is 28.1 Å². The number of hydrogen-bond donors (Lipinski definition) is 3. The van der Waals surface area contributed by atoms with Crippen LogP contribution in [0.25, 0.3) is 0 Å². The van der Waals surface area contributed by atoms with Crippen LogP contribution in [-0.2, 0) is 47.6 Å². The van der Waals surface area contributed by atoms with Crippen LogP contribution >= 0.6 is 0 Å². The standard InChI is InChI=1S/C36H42O14/c1-16(2)23(41)22-24-29(5,25(45-17(3)37)19-9-12-44-14-19)10-11-33-31(7)20(13-21(39)40)30(6)15-34(31)35(43,27(30)46-18(4)38)28(47-26(22)42)36(24,33)50-32(8,48-33)49-34/h9,12-14,16,24-25,27-28,41,43H,10-11,15H2,1-8H3,(H,39,40)/b20-13-,23-22-. The second-order valence-corrected chi connectivity index (χ2v) is 16.3. The molecule has 50 heavy (non-hydrogen) atoms. The van der Waals surface area contributed by atoms with Crippen molar-refractivity contribution in [3.05, 3.63) is 47.1 Å². The molecule has 1 aromatic heterocycles. The van der Waals surface area contributed by atoms with E-state index >= 15 is 0 Å². The Hall–Kier alpha value is -3.72. The van der Waals surface area contributed by atoms with Crippen LogP contribution in [0.1, 0.15) is 86.3 Å². The smallest absolute Gasteiger partial charge is 0.338 e. The molecule has 0 radical (unpaired) electrons. The summed E-state index contributed by atoms with van der Waals surface area (Å²) in [7, 11) is 0. The number of esters is 3. The molecule has 270 valence electrons. The molecule has 3 aliphatic heterocycles. The molecule has 14 heteroatoms. The first-order valence-electron chi connectivity index (χ1n) is 16.9. The van der Waals surface area contributed by atoms with Gasteiger partial charge in [-0.25, -0.2) is 9.59 Å². The van der Waals surface area contributed by atoms with Crippen LogP contribution in [0.5, 0.6) is 0 Å². The summed E-state index contributed by atoms with van der Waals surface area (Å²) in [5, 5.41) is 35.8. The summed E-state index contributed by atoms with van der Waals surface area (Å²) in [6, 6.07) is 1.64. The monoisotopic (exact) mass is 698 g/mol. The van der Waals surface area contributed by atoms with Gasteiger partial charge >= 0.3 is 23.9 Å². The van der Waals surface area contributed by atoms with Crippen LogP contribution in [-0.4, -0.2) is 79.8 Å². The normalized spacial score (nSPS) is 49.8. The zero-order valence-electron chi connectivity index (χ0n) is 29.1. The summed E-state index contributed by atoms with van der Waals surface area (Å²) < 4.78 is 44.7. The summed E-state index contributed by atoms with van der Waals surface area (Å²) in [6.45, 7) is 12.7. The summed E-state index contributed by atoms with van der Waals surface area (Å²) in [6.07, 6.45) is 0.00803. The molecule has 0 amide bonds. The van der Waals surface area contributed by atoms with E-state index in [1.807, 2.05) is 6.92 Å². The van der Waals surface area contributed by atoms with Crippen LogP contribution in [0.3, 0.4) is 0 Å². The number of ether oxygens (including phenoxy) is 6. The molecule has 1 aromatic rings. The lowest BCUT2D eigenvalue weighted by Crippen LogP contribution is -2.93. The van der Waals surface area contributed by atoms with Crippen molar-refractivity contribution in [3.8, 4) is 0 Å². The molecule has 7 aliphatic rings. The van der Waals surface area contributed by atoms with E-state index in [1.54, 1.807) is 40.7 Å². The Morgan fingerprint density at radius 2 is 1.68 bits per heavy atom. The first-order chi connectivity index (χ1) is 23.2. The Kier molecular flexibility index (Phi) is 6.27. The molecule has 0 aromatic carbocycles. The minimum absolute atomic E-state index is 0.0226. The molecule has 8 rings (SSSR count). The lowest BCUT2D eigenvalue weighted by molar-refractivity contribution is -0.463. The number of aliphatic hydroxyl groups is 2. The summed E-state index contributed by atoms with van der Waals surface area (Å²) >= 11 is 0. The van der Waals surface area contributed by atoms with Crippen LogP contribution in [0.2, 0.25) is 0 Å². The molecule has 4 aliphatic carbocycles. The predicted molar refractivity (Wildman–Crippen MR) is 165 cm³/mol. The van der Waals surface area contributed by atoms with Crippen LogP contribution in [0.4, 0.5) is 0 Å². The Morgan fingerprint density at radius 3 is 2.26 bits per heavy atom. The van der Waals surface area contributed by atoms with Gasteiger partial charge in [0.05, 0.1) is 23.5 Å². The number of carboxylic acids is 1. The second-order valence-electron chi connectivity index (χ2n) is 16.3. The third-order valence-corrected chi connectivity index (χ3v) is 13.4. The lowest BCUT2D eigenvalue weighted by atomic mass is 9.34. The van der Waals surface area contributed by atoms with Gasteiger partial charge in [-0.3, -0.25) is 9.59 Å². The Labute approximate surface area is 287 Å². The topological polar surface area (TPSA) is 197 Å². The third-order valence-electron chi connectivity index (χ3n) is 13.4. The van der Waals surface area contributed by atoms with Crippen molar-refractivity contribution in [1.29, 1.82) is 0 Å². The Bertz CT molecular complexity index is 1830. The van der Waals surface area contributed by atoms with E-state index in [0.717, 1.165) is 6.08 Å². The van der Waals surface area contributed by atoms with Gasteiger partial charge in [0.25, 0.3) is 5.97 Å². The zero-order chi connectivity index (χ0) is 36.4. The average Bonchev–Trinajstić information content (AvgIpc) is 3.70. The van der Waals surface area contributed by atoms with Crippen LogP contribution < -0.4 is 0 Å². The van der Waals surface area contributed by atoms with E-state index < -0.39 is 98.6 Å². The first-order valence-corrected chi connectivity index (χ1v) is 16.9. The molecule has 4 heterocycles. The van der Waals surface area contributed by atoms with E-state index in [2.05, 4.69) is 0 Å². The van der Waals surface area contributed by atoms with E-state index in [0.29, 0.717) is 11.1 Å². The fourth-order valence-electron chi connectivity index (χ4n) is 12.3. The van der Waals surface area contributed by atoms with Gasteiger partial charge in [-0.2, -0.15) is 0 Å². The molecule has 3 spiro atoms. The maximum Gasteiger partial charge on any atom is 0.338 e. The average molecular weight is 699 g/mol. The highest BCUT2D eigenvalue weighted by Gasteiger charge is 3.04. The van der Waals surface area contributed by atoms with Crippen molar-refractivity contribution in [2.75, 3.05) is 0 Å². The molecule has 12 atom stereocenters. The van der Waals surface area contributed by atoms with Gasteiger partial charge in [0.1, 0.15) is 29.2 Å². The number of fused-ring (bicyclic) bond motifs is 3. The minimum atomic E-state index is -2.33. The van der Waals surface area contributed by atoms with Gasteiger partial charge < -0.3 is 48.2 Å². The predicted octanol–water partition coefficient (Wildman–Crippen LogP) is 3.78. The van der Waals surface area contributed by atoms with E-state index in [-0.39, 0.29) is 30.6 Å². The molecule has 4 bridgehead atoms. The number of carbonyl (C=O) groups excluding carboxylic acids is 3. The molecular weight excluding hydrogens is 656 g/mol. The van der Waals surface area contributed by atoms with Gasteiger partial charge in [-0.15, -0.1) is 0 Å². The summed E-state index contributed by atoms with van der Waals surface area (Å²) in [5.74, 6) is -7.66. The molecule has 4 saturated carbocycles. The molecular formula is C36H42O14. The summed E-state index contributed by atoms with van der Waals surface area (Å²) in [5.41, 5.74) is -11.1. The number of carboxylic acid groups (broad SMARTS) is 1. The molecule has 14 nitrogen and oxygen atoms in total. The lowest BCUT2D eigenvalue weighted by Gasteiger charge is -2.76. The number of aliphatic hydroxyl groups excluding tert-OH is 1. The Balaban J connectivity index is 1.53. The van der Waals surface area contributed by atoms with Gasteiger partial charge in [0.2, 0.25) is 0 Å². The molecule has 7 fully saturated rings. The van der Waals surface area contributed by atoms with Crippen molar-refractivity contribution in [3.63, 3.8) is 0 Å². The quantitative estimate of drug-likeness (QED) is 0.168. The van der Waals surface area contributed by atoms with E-state index in [9.17, 15) is 34.5 Å². The van der Waals surface area contributed by atoms with Crippen molar-refractivity contribution >= 4 is 23.9 Å². The highest BCUT2D eigenvalue weighted by Crippen LogP contribution is 2.89. The number of furan rings is 1. The number of allylic oxidation sites excluding steroid dienone is 1. The molecule has 3 saturated heterocycles. The zero-order valence-corrected chi connectivity index (χ0v) is 29.1. The molecule has 12 unspecified atom stereocenters. The largest absolute Gasteiger partial charge is 0.511 e. The highest BCUT2D eigenvalue weighted by atomic mass is 16.9. The number of hydrogen-bond acceptors (Lipinski definition) is 13. The van der Waals surface area contributed by atoms with Crippen molar-refractivity contribution < 1.29 is 67.3 Å². The highest BCUT2D eigenvalue weighted by molar-refractivity contribution is 5.92. The number of aliphatic carboxylic acids is 1. The number of carbonyl (C=O) groups is 4. The number of rotatable bonds is 6. The van der Waals surface area contributed by atoms with Gasteiger partial charge in [0.15, 0.2) is 17.3 Å². The Morgan fingerprint density at radius 1 is 1.00 bits per heavy atom. The molecule has 3 N–H and O–H groups in total. The SMILES string of the molecule is CC(=O)OC(c1ccoc1)C1(C)CCC23OC4(C)OC25C1/C(=C(/O)C(C)C)C(=O)OC5C1(O)C(OC(C)=O)C2(C)CC1(O4)C3(C)/C2=C\C(=O)O. The second kappa shape index (κ2) is 9.38. The van der Waals surface area contributed by atoms with E-state index in [1.165, 1.54) is 26.4 Å². The fourth-order valence-corrected chi connectivity index (χ4v) is 12.3. The maximum atomic E-state index is 14.6. The van der Waals surface area contributed by atoms with Crippen LogP contribution in [0.15, 0.2) is 46.0 Å². The third kappa shape index (κ3) is 3.23. The first kappa shape index (κ1) is 33.4. The fraction of sp³-hybridized carbons (Fsp3) is 0.667.